The number of aryl methyl sites for hydroxylation is 1. The summed E-state index contributed by atoms with van der Waals surface area (Å²) in [6, 6.07) is 22.5. The van der Waals surface area contributed by atoms with Gasteiger partial charge in [-0.3, -0.25) is 4.90 Å². The van der Waals surface area contributed by atoms with Gasteiger partial charge in [-0.15, -0.1) is 0 Å². The van der Waals surface area contributed by atoms with E-state index >= 15 is 0 Å². The molecule has 30 heavy (non-hydrogen) atoms. The van der Waals surface area contributed by atoms with Crippen LogP contribution in [0.4, 0.5) is 0 Å². The lowest BCUT2D eigenvalue weighted by molar-refractivity contribution is 0.159. The van der Waals surface area contributed by atoms with E-state index in [1.54, 1.807) is 7.11 Å². The van der Waals surface area contributed by atoms with Crippen molar-refractivity contribution in [1.82, 2.24) is 4.90 Å². The molecule has 0 saturated carbocycles. The lowest BCUT2D eigenvalue weighted by Gasteiger charge is -2.41. The number of methoxy groups -OCH3 is 1. The first-order valence-electron chi connectivity index (χ1n) is 10.2. The van der Waals surface area contributed by atoms with Crippen LogP contribution in [0.2, 0.25) is 0 Å². The first-order valence-corrected chi connectivity index (χ1v) is 11.2. The Morgan fingerprint density at radius 1 is 1.10 bits per heavy atom. The molecule has 2 heterocycles. The average molecular weight is 418 g/mol. The van der Waals surface area contributed by atoms with Crippen LogP contribution < -0.4 is 8.92 Å². The number of fused-ring (bicyclic) bond motifs is 4. The molecule has 0 saturated heterocycles. The zero-order chi connectivity index (χ0) is 20.7. The van der Waals surface area contributed by atoms with Gasteiger partial charge in [0.1, 0.15) is 0 Å². The number of rotatable bonds is 4. The fourth-order valence-corrected chi connectivity index (χ4v) is 5.29. The minimum atomic E-state index is -1.60. The number of nitrogens with zero attached hydrogens (tertiary/aromatic N) is 1. The van der Waals surface area contributed by atoms with Gasteiger partial charge in [0.05, 0.1) is 12.0 Å². The van der Waals surface area contributed by atoms with Crippen molar-refractivity contribution >= 4 is 11.1 Å². The van der Waals surface area contributed by atoms with Crippen molar-refractivity contribution < 1.29 is 13.1 Å². The molecule has 0 aromatic heterocycles. The van der Waals surface area contributed by atoms with E-state index in [4.69, 9.17) is 8.92 Å². The normalized spacial score (nSPS) is 18.4. The molecular weight excluding hydrogens is 394 g/mol. The van der Waals surface area contributed by atoms with Gasteiger partial charge in [-0.25, -0.2) is 4.21 Å². The summed E-state index contributed by atoms with van der Waals surface area (Å²) in [5, 5.41) is 0. The summed E-state index contributed by atoms with van der Waals surface area (Å²) in [6.07, 6.45) is 1.87. The van der Waals surface area contributed by atoms with Crippen LogP contribution in [-0.2, 0) is 30.5 Å². The molecule has 5 rings (SSSR count). The van der Waals surface area contributed by atoms with Crippen LogP contribution in [0.5, 0.6) is 11.5 Å². The quantitative estimate of drug-likeness (QED) is 0.632. The third-order valence-corrected chi connectivity index (χ3v) is 6.96. The maximum atomic E-state index is 12.9. The van der Waals surface area contributed by atoms with Crippen molar-refractivity contribution in [2.45, 2.75) is 37.2 Å². The third kappa shape index (κ3) is 3.36. The first kappa shape index (κ1) is 19.2. The maximum absolute atomic E-state index is 12.9. The van der Waals surface area contributed by atoms with Gasteiger partial charge in [0.15, 0.2) is 11.5 Å². The van der Waals surface area contributed by atoms with Crippen molar-refractivity contribution in [3.05, 3.63) is 88.5 Å². The Morgan fingerprint density at radius 3 is 2.73 bits per heavy atom. The van der Waals surface area contributed by atoms with Gasteiger partial charge < -0.3 is 8.92 Å². The van der Waals surface area contributed by atoms with Crippen molar-refractivity contribution in [2.75, 3.05) is 13.7 Å². The van der Waals surface area contributed by atoms with Crippen LogP contribution >= 0.6 is 0 Å². The second kappa shape index (κ2) is 7.79. The van der Waals surface area contributed by atoms with Gasteiger partial charge in [0.2, 0.25) is 11.1 Å². The summed E-state index contributed by atoms with van der Waals surface area (Å²) in [6.45, 7) is 3.79. The molecule has 0 amide bonds. The molecule has 0 fully saturated rings. The highest BCUT2D eigenvalue weighted by Crippen LogP contribution is 2.44. The smallest absolute Gasteiger partial charge is 0.240 e. The Bertz CT molecular complexity index is 1110. The summed E-state index contributed by atoms with van der Waals surface area (Å²) in [5.41, 5.74) is 6.05. The second-order valence-corrected chi connectivity index (χ2v) is 8.93. The summed E-state index contributed by atoms with van der Waals surface area (Å²) in [7, 11) is 1.62. The first-order chi connectivity index (χ1) is 14.6. The van der Waals surface area contributed by atoms with Crippen LogP contribution in [-0.4, -0.2) is 22.8 Å². The fourth-order valence-electron chi connectivity index (χ4n) is 4.48. The summed E-state index contributed by atoms with van der Waals surface area (Å²) >= 11 is -1.60. The fraction of sp³-hybridized carbons (Fsp3) is 0.280. The molecule has 152 valence electrons. The van der Waals surface area contributed by atoms with E-state index in [1.807, 2.05) is 36.4 Å². The van der Waals surface area contributed by atoms with E-state index in [0.29, 0.717) is 22.4 Å². The third-order valence-electron chi connectivity index (χ3n) is 5.98. The van der Waals surface area contributed by atoms with Gasteiger partial charge in [0, 0.05) is 30.3 Å². The maximum Gasteiger partial charge on any atom is 0.240 e. The van der Waals surface area contributed by atoms with E-state index in [-0.39, 0.29) is 0 Å². The Kier molecular flexibility index (Phi) is 4.98. The predicted molar refractivity (Wildman–Crippen MR) is 116 cm³/mol. The molecule has 5 heteroatoms. The van der Waals surface area contributed by atoms with Crippen LogP contribution in [0.15, 0.2) is 53.4 Å². The van der Waals surface area contributed by atoms with Crippen LogP contribution in [0.3, 0.4) is 0 Å². The highest BCUT2D eigenvalue weighted by atomic mass is 32.2. The van der Waals surface area contributed by atoms with Crippen LogP contribution in [0, 0.1) is 19.1 Å². The van der Waals surface area contributed by atoms with Gasteiger partial charge in [-0.2, -0.15) is 0 Å². The number of benzene rings is 2. The average Bonchev–Trinajstić information content (AvgIpc) is 2.78. The van der Waals surface area contributed by atoms with Crippen molar-refractivity contribution in [3.8, 4) is 11.5 Å². The largest absolute Gasteiger partial charge is 0.493 e. The van der Waals surface area contributed by atoms with E-state index in [9.17, 15) is 4.21 Å². The zero-order valence-electron chi connectivity index (χ0n) is 17.1. The molecule has 2 aliphatic rings. The lowest BCUT2D eigenvalue weighted by atomic mass is 9.84. The Hall–Kier alpha value is -2.81. The molecule has 3 aromatic carbocycles. The topological polar surface area (TPSA) is 38.8 Å². The van der Waals surface area contributed by atoms with Crippen molar-refractivity contribution in [1.29, 1.82) is 0 Å². The molecule has 0 N–H and O–H groups in total. The summed E-state index contributed by atoms with van der Waals surface area (Å²) in [4.78, 5) is 3.10. The molecule has 2 atom stereocenters. The van der Waals surface area contributed by atoms with Gasteiger partial charge >= 0.3 is 0 Å². The predicted octanol–water partition coefficient (Wildman–Crippen LogP) is 4.36. The number of ether oxygens (including phenoxy) is 1. The van der Waals surface area contributed by atoms with Gasteiger partial charge in [-0.1, -0.05) is 36.4 Å². The van der Waals surface area contributed by atoms with Crippen molar-refractivity contribution in [3.63, 3.8) is 0 Å². The molecular formula is C25H23NO3S. The Morgan fingerprint density at radius 2 is 1.93 bits per heavy atom. The Labute approximate surface area is 180 Å². The molecule has 0 spiro atoms. The number of hydrogen-bond donors (Lipinski definition) is 0. The summed E-state index contributed by atoms with van der Waals surface area (Å²) in [5.74, 6) is 1.20. The summed E-state index contributed by atoms with van der Waals surface area (Å²) < 4.78 is 24.4. The minimum absolute atomic E-state index is 0.291. The highest BCUT2D eigenvalue weighted by Gasteiger charge is 2.34. The van der Waals surface area contributed by atoms with Crippen LogP contribution in [0.1, 0.15) is 33.9 Å². The van der Waals surface area contributed by atoms with Gasteiger partial charge in [0.25, 0.3) is 0 Å². The SMILES string of the molecule is COc1ccc2c(c1OS(=O)c1ccccc1)CN1CCc3cc(C)c#cc3C1C2. The molecule has 0 radical (unpaired) electrons. The monoisotopic (exact) mass is 417 g/mol. The minimum Gasteiger partial charge on any atom is -0.493 e. The number of hydrogen-bond acceptors (Lipinski definition) is 4. The van der Waals surface area contributed by atoms with E-state index < -0.39 is 11.1 Å². The molecule has 4 nitrogen and oxygen atoms in total. The lowest BCUT2D eigenvalue weighted by Crippen LogP contribution is -2.39. The van der Waals surface area contributed by atoms with Crippen LogP contribution in [0.25, 0.3) is 0 Å². The van der Waals surface area contributed by atoms with E-state index in [2.05, 4.69) is 36.1 Å². The molecule has 2 unspecified atom stereocenters. The molecule has 2 aliphatic heterocycles. The van der Waals surface area contributed by atoms with E-state index in [0.717, 1.165) is 37.1 Å². The molecule has 0 aliphatic carbocycles. The molecule has 3 aromatic rings. The highest BCUT2D eigenvalue weighted by molar-refractivity contribution is 7.80. The van der Waals surface area contributed by atoms with Crippen molar-refractivity contribution in [2.24, 2.45) is 0 Å². The van der Waals surface area contributed by atoms with E-state index in [1.165, 1.54) is 16.7 Å². The second-order valence-electron chi connectivity index (χ2n) is 7.82. The standard InChI is InChI=1S/C25H23NO3S/c1-17-8-10-21-19(14-17)12-13-26-16-22-18(15-23(21)26)9-11-24(28-2)25(22)29-30(27)20-6-4-3-5-7-20/h3-7,9,11,14,23H,12-13,15-16H2,1-2H3. The Balaban J connectivity index is 1.51. The van der Waals surface area contributed by atoms with Gasteiger partial charge in [-0.05, 0) is 60.7 Å². The zero-order valence-corrected chi connectivity index (χ0v) is 17.9. The molecule has 0 bridgehead atoms.